The first-order chi connectivity index (χ1) is 6.77. The number of aliphatic hydroxyl groups is 1. The summed E-state index contributed by atoms with van der Waals surface area (Å²) in [5.41, 5.74) is 0.774. The fourth-order valence-electron chi connectivity index (χ4n) is 4.35. The number of hydrogen-bond acceptors (Lipinski definition) is 3. The second kappa shape index (κ2) is 2.72. The van der Waals surface area contributed by atoms with Crippen LogP contribution in [0.4, 0.5) is 0 Å². The molecule has 78 valence electrons. The Hall–Kier alpha value is -0.570. The van der Waals surface area contributed by atoms with Crippen molar-refractivity contribution in [3.8, 4) is 0 Å². The average molecular weight is 195 g/mol. The van der Waals surface area contributed by atoms with E-state index in [9.17, 15) is 5.11 Å². The number of oxime groups is 1. The molecular weight excluding hydrogens is 178 g/mol. The highest BCUT2D eigenvalue weighted by Gasteiger charge is 2.55. The molecule has 3 nitrogen and oxygen atoms in total. The third-order valence-electron chi connectivity index (χ3n) is 4.60. The number of rotatable bonds is 1. The first-order valence-corrected chi connectivity index (χ1v) is 5.61. The Balaban J connectivity index is 2.02. The number of aliphatic hydroxyl groups excluding tert-OH is 1. The van der Waals surface area contributed by atoms with E-state index in [1.165, 1.54) is 19.3 Å². The Bertz CT molecular complexity index is 273. The maximum atomic E-state index is 9.54. The standard InChI is InChI=1S/C11H17NO2/c13-6-11-4-7-1-8(5-11)3-9(2-7)10(11)12-14/h7-9,13-14H,1-6H2/b12-10+. The molecule has 2 atom stereocenters. The minimum absolute atomic E-state index is 0.135. The van der Waals surface area contributed by atoms with Crippen molar-refractivity contribution in [3.63, 3.8) is 0 Å². The van der Waals surface area contributed by atoms with Crippen LogP contribution < -0.4 is 0 Å². The first-order valence-electron chi connectivity index (χ1n) is 5.61. The van der Waals surface area contributed by atoms with Crippen molar-refractivity contribution in [1.29, 1.82) is 0 Å². The monoisotopic (exact) mass is 195 g/mol. The number of nitrogens with zero attached hydrogens (tertiary/aromatic N) is 1. The predicted molar refractivity (Wildman–Crippen MR) is 52.3 cm³/mol. The van der Waals surface area contributed by atoms with Gasteiger partial charge in [-0.05, 0) is 43.9 Å². The van der Waals surface area contributed by atoms with Crippen LogP contribution in [0.15, 0.2) is 5.16 Å². The molecule has 2 unspecified atom stereocenters. The van der Waals surface area contributed by atoms with Gasteiger partial charge in [0.25, 0.3) is 0 Å². The summed E-state index contributed by atoms with van der Waals surface area (Å²) < 4.78 is 0. The van der Waals surface area contributed by atoms with Crippen LogP contribution in [0.1, 0.15) is 32.1 Å². The molecule has 2 N–H and O–H groups in total. The lowest BCUT2D eigenvalue weighted by molar-refractivity contribution is 0.00762. The highest BCUT2D eigenvalue weighted by molar-refractivity contribution is 5.93. The van der Waals surface area contributed by atoms with Crippen LogP contribution in [-0.2, 0) is 0 Å². The molecule has 0 amide bonds. The van der Waals surface area contributed by atoms with E-state index in [-0.39, 0.29) is 12.0 Å². The summed E-state index contributed by atoms with van der Waals surface area (Å²) in [6.45, 7) is 0.176. The van der Waals surface area contributed by atoms with Crippen LogP contribution in [0.3, 0.4) is 0 Å². The summed E-state index contributed by atoms with van der Waals surface area (Å²) in [6, 6.07) is 0. The molecule has 0 saturated heterocycles. The van der Waals surface area contributed by atoms with E-state index in [2.05, 4.69) is 5.16 Å². The third kappa shape index (κ3) is 0.937. The summed E-state index contributed by atoms with van der Waals surface area (Å²) in [5.74, 6) is 2.04. The molecule has 4 rings (SSSR count). The highest BCUT2D eigenvalue weighted by atomic mass is 16.4. The number of hydrogen-bond donors (Lipinski definition) is 2. The summed E-state index contributed by atoms with van der Waals surface area (Å²) in [6.07, 6.45) is 5.83. The molecule has 0 aromatic heterocycles. The summed E-state index contributed by atoms with van der Waals surface area (Å²) >= 11 is 0. The lowest BCUT2D eigenvalue weighted by Gasteiger charge is -2.56. The van der Waals surface area contributed by atoms with Crippen molar-refractivity contribution >= 4 is 5.71 Å². The zero-order chi connectivity index (χ0) is 9.76. The van der Waals surface area contributed by atoms with Gasteiger partial charge in [0, 0.05) is 11.3 Å². The van der Waals surface area contributed by atoms with Gasteiger partial charge in [-0.3, -0.25) is 0 Å². The molecule has 14 heavy (non-hydrogen) atoms. The Labute approximate surface area is 83.8 Å². The molecule has 4 bridgehead atoms. The second-order valence-corrected chi connectivity index (χ2v) is 5.47. The van der Waals surface area contributed by atoms with Crippen molar-refractivity contribution < 1.29 is 10.3 Å². The normalized spacial score (nSPS) is 52.9. The minimum Gasteiger partial charge on any atom is -0.411 e. The van der Waals surface area contributed by atoms with Gasteiger partial charge in [0.15, 0.2) is 0 Å². The quantitative estimate of drug-likeness (QED) is 0.493. The SMILES string of the molecule is OCC12CC3CC(CC(C3)/C1=N\O)C2. The van der Waals surface area contributed by atoms with Crippen LogP contribution in [0.25, 0.3) is 0 Å². The van der Waals surface area contributed by atoms with Gasteiger partial charge in [-0.1, -0.05) is 5.16 Å². The van der Waals surface area contributed by atoms with Crippen LogP contribution in [0.5, 0.6) is 0 Å². The zero-order valence-corrected chi connectivity index (χ0v) is 8.32. The van der Waals surface area contributed by atoms with Crippen molar-refractivity contribution in [3.05, 3.63) is 0 Å². The van der Waals surface area contributed by atoms with E-state index in [4.69, 9.17) is 5.21 Å². The van der Waals surface area contributed by atoms with Gasteiger partial charge in [0.1, 0.15) is 0 Å². The van der Waals surface area contributed by atoms with Gasteiger partial charge >= 0.3 is 0 Å². The van der Waals surface area contributed by atoms with Crippen molar-refractivity contribution in [2.24, 2.45) is 28.3 Å². The largest absolute Gasteiger partial charge is 0.411 e. The molecule has 3 heteroatoms. The van der Waals surface area contributed by atoms with E-state index in [1.54, 1.807) is 0 Å². The van der Waals surface area contributed by atoms with Crippen molar-refractivity contribution in [2.45, 2.75) is 32.1 Å². The second-order valence-electron chi connectivity index (χ2n) is 5.47. The van der Waals surface area contributed by atoms with E-state index >= 15 is 0 Å². The highest BCUT2D eigenvalue weighted by Crippen LogP contribution is 2.58. The van der Waals surface area contributed by atoms with E-state index in [0.717, 1.165) is 30.4 Å². The molecule has 0 aromatic carbocycles. The smallest absolute Gasteiger partial charge is 0.0686 e. The van der Waals surface area contributed by atoms with E-state index in [1.807, 2.05) is 0 Å². The van der Waals surface area contributed by atoms with Gasteiger partial charge < -0.3 is 10.3 Å². The van der Waals surface area contributed by atoms with Gasteiger partial charge in [-0.25, -0.2) is 0 Å². The molecule has 4 fully saturated rings. The molecule has 4 saturated carbocycles. The predicted octanol–water partition coefficient (Wildman–Crippen LogP) is 1.64. The average Bonchev–Trinajstić information content (AvgIpc) is 2.16. The molecule has 0 aliphatic heterocycles. The summed E-state index contributed by atoms with van der Waals surface area (Å²) in [4.78, 5) is 0. The Morgan fingerprint density at radius 2 is 1.86 bits per heavy atom. The van der Waals surface area contributed by atoms with Gasteiger partial charge in [0.05, 0.1) is 12.3 Å². The minimum atomic E-state index is -0.135. The molecule has 0 radical (unpaired) electrons. The Morgan fingerprint density at radius 1 is 1.21 bits per heavy atom. The molecule has 0 heterocycles. The van der Waals surface area contributed by atoms with E-state index < -0.39 is 0 Å². The van der Waals surface area contributed by atoms with Gasteiger partial charge in [-0.2, -0.15) is 0 Å². The van der Waals surface area contributed by atoms with E-state index in [0.29, 0.717) is 5.92 Å². The lowest BCUT2D eigenvalue weighted by atomic mass is 9.49. The summed E-state index contributed by atoms with van der Waals surface area (Å²) in [5, 5.41) is 22.1. The third-order valence-corrected chi connectivity index (χ3v) is 4.60. The zero-order valence-electron chi connectivity index (χ0n) is 8.32. The lowest BCUT2D eigenvalue weighted by Crippen LogP contribution is -2.55. The molecule has 0 spiro atoms. The van der Waals surface area contributed by atoms with Gasteiger partial charge in [0.2, 0.25) is 0 Å². The van der Waals surface area contributed by atoms with Crippen LogP contribution in [0, 0.1) is 23.2 Å². The molecule has 4 aliphatic rings. The molecule has 0 aromatic rings. The van der Waals surface area contributed by atoms with Gasteiger partial charge in [-0.15, -0.1) is 0 Å². The van der Waals surface area contributed by atoms with Crippen LogP contribution in [0.2, 0.25) is 0 Å². The molecule has 4 aliphatic carbocycles. The van der Waals surface area contributed by atoms with Crippen LogP contribution in [-0.4, -0.2) is 22.6 Å². The molecular formula is C11H17NO2. The fraction of sp³-hybridized carbons (Fsp3) is 0.909. The summed E-state index contributed by atoms with van der Waals surface area (Å²) in [7, 11) is 0. The topological polar surface area (TPSA) is 52.8 Å². The van der Waals surface area contributed by atoms with Crippen LogP contribution >= 0.6 is 0 Å². The Kier molecular flexibility index (Phi) is 1.69. The Morgan fingerprint density at radius 3 is 2.36 bits per heavy atom. The maximum absolute atomic E-state index is 9.54. The van der Waals surface area contributed by atoms with Crippen molar-refractivity contribution in [1.82, 2.24) is 0 Å². The maximum Gasteiger partial charge on any atom is 0.0686 e. The fourth-order valence-corrected chi connectivity index (χ4v) is 4.35. The first kappa shape index (κ1) is 8.72. The van der Waals surface area contributed by atoms with Crippen molar-refractivity contribution in [2.75, 3.05) is 6.61 Å².